The summed E-state index contributed by atoms with van der Waals surface area (Å²) in [6.07, 6.45) is 3.56. The van der Waals surface area contributed by atoms with Crippen molar-refractivity contribution in [2.45, 2.75) is 38.4 Å². The molecule has 1 heterocycles. The van der Waals surface area contributed by atoms with Crippen LogP contribution in [0, 0.1) is 0 Å². The molecule has 118 valence electrons. The zero-order valence-electron chi connectivity index (χ0n) is 12.3. The highest BCUT2D eigenvalue weighted by Crippen LogP contribution is 2.19. The van der Waals surface area contributed by atoms with E-state index in [1.165, 1.54) is 0 Å². The minimum atomic E-state index is -0.378. The van der Waals surface area contributed by atoms with Crippen LogP contribution in [0.15, 0.2) is 42.0 Å². The number of hydrogen-bond donors (Lipinski definition) is 0. The fourth-order valence-corrected chi connectivity index (χ4v) is 2.35. The maximum Gasteiger partial charge on any atom is 0.334 e. The van der Waals surface area contributed by atoms with Crippen LogP contribution < -0.4 is 0 Å². The van der Waals surface area contributed by atoms with Gasteiger partial charge in [0.15, 0.2) is 0 Å². The first kappa shape index (κ1) is 16.6. The Labute approximate surface area is 135 Å². The fourth-order valence-electron chi connectivity index (χ4n) is 2.22. The summed E-state index contributed by atoms with van der Waals surface area (Å²) in [7, 11) is 0. The maximum absolute atomic E-state index is 12.2. The van der Waals surface area contributed by atoms with Crippen LogP contribution in [0.1, 0.15) is 31.2 Å². The molecule has 0 aromatic heterocycles. The van der Waals surface area contributed by atoms with Gasteiger partial charge in [0, 0.05) is 17.9 Å². The average Bonchev–Trinajstić information content (AvgIpc) is 2.95. The van der Waals surface area contributed by atoms with Crippen molar-refractivity contribution in [3.8, 4) is 0 Å². The summed E-state index contributed by atoms with van der Waals surface area (Å²) in [5.41, 5.74) is 1.45. The second-order valence-corrected chi connectivity index (χ2v) is 5.49. The van der Waals surface area contributed by atoms with E-state index in [0.29, 0.717) is 37.1 Å². The lowest BCUT2D eigenvalue weighted by atomic mass is 10.1. The Kier molecular flexibility index (Phi) is 6.46. The lowest BCUT2D eigenvalue weighted by Crippen LogP contribution is -2.12. The Hall–Kier alpha value is -1.81. The molecule has 1 aliphatic heterocycles. The summed E-state index contributed by atoms with van der Waals surface area (Å²) in [4.78, 5) is 23.4. The highest BCUT2D eigenvalue weighted by Gasteiger charge is 2.23. The SMILES string of the molecule is O=C1CC[C@H](/C=C(\CCCCl)C(=O)OCc2ccccc2)O1. The van der Waals surface area contributed by atoms with Crippen molar-refractivity contribution >= 4 is 23.5 Å². The van der Waals surface area contributed by atoms with Crippen molar-refractivity contribution < 1.29 is 19.1 Å². The van der Waals surface area contributed by atoms with Crippen LogP contribution in [0.5, 0.6) is 0 Å². The average molecular weight is 323 g/mol. The van der Waals surface area contributed by atoms with E-state index < -0.39 is 0 Å². The first-order chi connectivity index (χ1) is 10.7. The summed E-state index contributed by atoms with van der Waals surface area (Å²) in [5, 5.41) is 0. The molecule has 0 saturated carbocycles. The zero-order valence-corrected chi connectivity index (χ0v) is 13.1. The lowest BCUT2D eigenvalue weighted by molar-refractivity contribution is -0.142. The molecular formula is C17H19ClO4. The minimum absolute atomic E-state index is 0.225. The standard InChI is InChI=1S/C17H19ClO4/c18-10-4-7-14(11-15-8-9-16(19)22-15)17(20)21-12-13-5-2-1-3-6-13/h1-3,5-6,11,15H,4,7-10,12H2/b14-11+/t15-/m1/s1. The number of rotatable bonds is 7. The molecule has 2 rings (SSSR count). The largest absolute Gasteiger partial charge is 0.458 e. The third kappa shape index (κ3) is 5.19. The summed E-state index contributed by atoms with van der Waals surface area (Å²) >= 11 is 5.70. The molecule has 0 aliphatic carbocycles. The lowest BCUT2D eigenvalue weighted by Gasteiger charge is -2.10. The number of cyclic esters (lactones) is 1. The number of carbonyl (C=O) groups excluding carboxylic acids is 2. The number of alkyl halides is 1. The van der Waals surface area contributed by atoms with Gasteiger partial charge in [0.25, 0.3) is 0 Å². The molecule has 0 amide bonds. The zero-order chi connectivity index (χ0) is 15.8. The van der Waals surface area contributed by atoms with Gasteiger partial charge >= 0.3 is 11.9 Å². The topological polar surface area (TPSA) is 52.6 Å². The summed E-state index contributed by atoms with van der Waals surface area (Å²) < 4.78 is 10.5. The van der Waals surface area contributed by atoms with Crippen LogP contribution in [0.2, 0.25) is 0 Å². The maximum atomic E-state index is 12.2. The van der Waals surface area contributed by atoms with Crippen molar-refractivity contribution in [3.05, 3.63) is 47.5 Å². The summed E-state index contributed by atoms with van der Waals surface area (Å²) in [6.45, 7) is 0.225. The molecule has 1 aromatic carbocycles. The molecule has 0 radical (unpaired) electrons. The highest BCUT2D eigenvalue weighted by atomic mass is 35.5. The van der Waals surface area contributed by atoms with Gasteiger partial charge in [-0.25, -0.2) is 4.79 Å². The van der Waals surface area contributed by atoms with E-state index in [1.54, 1.807) is 6.08 Å². The van der Waals surface area contributed by atoms with Crippen molar-refractivity contribution in [1.82, 2.24) is 0 Å². The Morgan fingerprint density at radius 1 is 1.36 bits per heavy atom. The van der Waals surface area contributed by atoms with Gasteiger partial charge in [-0.15, -0.1) is 11.6 Å². The summed E-state index contributed by atoms with van der Waals surface area (Å²) in [5.74, 6) is -0.138. The van der Waals surface area contributed by atoms with Crippen LogP contribution in [0.3, 0.4) is 0 Å². The van der Waals surface area contributed by atoms with Gasteiger partial charge in [-0.1, -0.05) is 30.3 Å². The minimum Gasteiger partial charge on any atom is -0.458 e. The molecule has 0 bridgehead atoms. The van der Waals surface area contributed by atoms with Gasteiger partial charge in [0.05, 0.1) is 0 Å². The fraction of sp³-hybridized carbons (Fsp3) is 0.412. The van der Waals surface area contributed by atoms with E-state index in [0.717, 1.165) is 5.56 Å². The number of ether oxygens (including phenoxy) is 2. The molecule has 5 heteroatoms. The Morgan fingerprint density at radius 2 is 2.14 bits per heavy atom. The predicted molar refractivity (Wildman–Crippen MR) is 83.4 cm³/mol. The van der Waals surface area contributed by atoms with Crippen LogP contribution >= 0.6 is 11.6 Å². The van der Waals surface area contributed by atoms with Crippen molar-refractivity contribution in [2.75, 3.05) is 5.88 Å². The normalized spacial score (nSPS) is 18.1. The number of benzene rings is 1. The monoisotopic (exact) mass is 322 g/mol. The molecule has 22 heavy (non-hydrogen) atoms. The van der Waals surface area contributed by atoms with E-state index in [9.17, 15) is 9.59 Å². The van der Waals surface area contributed by atoms with Crippen LogP contribution in [-0.4, -0.2) is 23.9 Å². The molecule has 1 fully saturated rings. The van der Waals surface area contributed by atoms with Crippen LogP contribution in [0.4, 0.5) is 0 Å². The molecule has 1 atom stereocenters. The van der Waals surface area contributed by atoms with Crippen molar-refractivity contribution in [3.63, 3.8) is 0 Å². The number of hydrogen-bond acceptors (Lipinski definition) is 4. The highest BCUT2D eigenvalue weighted by molar-refractivity contribution is 6.17. The Bertz CT molecular complexity index is 539. The van der Waals surface area contributed by atoms with E-state index in [-0.39, 0.29) is 24.6 Å². The molecule has 0 unspecified atom stereocenters. The van der Waals surface area contributed by atoms with Crippen LogP contribution in [-0.2, 0) is 25.7 Å². The van der Waals surface area contributed by atoms with Gasteiger partial charge < -0.3 is 9.47 Å². The number of carbonyl (C=O) groups is 2. The Morgan fingerprint density at radius 3 is 2.77 bits per heavy atom. The predicted octanol–water partition coefficient (Wildman–Crippen LogP) is 3.38. The van der Waals surface area contributed by atoms with E-state index in [1.807, 2.05) is 30.3 Å². The van der Waals surface area contributed by atoms with Crippen LogP contribution in [0.25, 0.3) is 0 Å². The first-order valence-electron chi connectivity index (χ1n) is 7.36. The van der Waals surface area contributed by atoms with E-state index in [4.69, 9.17) is 21.1 Å². The van der Waals surface area contributed by atoms with Crippen molar-refractivity contribution in [1.29, 1.82) is 0 Å². The van der Waals surface area contributed by atoms with Gasteiger partial charge in [-0.05, 0) is 30.9 Å². The molecule has 1 aliphatic rings. The second-order valence-electron chi connectivity index (χ2n) is 5.11. The quantitative estimate of drug-likeness (QED) is 0.439. The molecule has 4 nitrogen and oxygen atoms in total. The van der Waals surface area contributed by atoms with Gasteiger partial charge in [-0.2, -0.15) is 0 Å². The molecule has 1 aromatic rings. The van der Waals surface area contributed by atoms with Gasteiger partial charge in [0.1, 0.15) is 12.7 Å². The third-order valence-electron chi connectivity index (χ3n) is 3.36. The van der Waals surface area contributed by atoms with E-state index in [2.05, 4.69) is 0 Å². The summed E-state index contributed by atoms with van der Waals surface area (Å²) in [6, 6.07) is 9.49. The molecule has 1 saturated heterocycles. The van der Waals surface area contributed by atoms with E-state index >= 15 is 0 Å². The number of esters is 2. The smallest absolute Gasteiger partial charge is 0.334 e. The van der Waals surface area contributed by atoms with Crippen molar-refractivity contribution in [2.24, 2.45) is 0 Å². The Balaban J connectivity index is 1.96. The second kappa shape index (κ2) is 8.59. The first-order valence-corrected chi connectivity index (χ1v) is 7.89. The molecule has 0 N–H and O–H groups in total. The molecule has 0 spiro atoms. The molecular weight excluding hydrogens is 304 g/mol. The van der Waals surface area contributed by atoms with Gasteiger partial charge in [0.2, 0.25) is 0 Å². The number of halogens is 1. The van der Waals surface area contributed by atoms with Gasteiger partial charge in [-0.3, -0.25) is 4.79 Å². The third-order valence-corrected chi connectivity index (χ3v) is 3.62.